The summed E-state index contributed by atoms with van der Waals surface area (Å²) in [6.45, 7) is 4.18. The van der Waals surface area contributed by atoms with E-state index < -0.39 is 0 Å². The third-order valence-electron chi connectivity index (χ3n) is 5.58. The highest BCUT2D eigenvalue weighted by molar-refractivity contribution is 5.81. The van der Waals surface area contributed by atoms with E-state index in [2.05, 4.69) is 34.7 Å². The predicted octanol–water partition coefficient (Wildman–Crippen LogP) is 1.28. The van der Waals surface area contributed by atoms with Crippen molar-refractivity contribution >= 4 is 16.8 Å². The Balaban J connectivity index is 1.33. The van der Waals surface area contributed by atoms with E-state index in [-0.39, 0.29) is 17.9 Å². The Kier molecular flexibility index (Phi) is 6.00. The van der Waals surface area contributed by atoms with Gasteiger partial charge in [-0.25, -0.2) is 0 Å². The highest BCUT2D eigenvalue weighted by Gasteiger charge is 2.13. The summed E-state index contributed by atoms with van der Waals surface area (Å²) < 4.78 is 1.57. The highest BCUT2D eigenvalue weighted by atomic mass is 16.2. The van der Waals surface area contributed by atoms with E-state index in [0.29, 0.717) is 17.4 Å². The minimum atomic E-state index is -0.135. The molecule has 0 bridgehead atoms. The Morgan fingerprint density at radius 2 is 1.72 bits per heavy atom. The lowest BCUT2D eigenvalue weighted by Gasteiger charge is -2.23. The summed E-state index contributed by atoms with van der Waals surface area (Å²) >= 11 is 0. The molecule has 1 aliphatic rings. The normalized spacial score (nSPS) is 14.8. The van der Waals surface area contributed by atoms with Gasteiger partial charge in [-0.3, -0.25) is 14.3 Å². The Bertz CT molecular complexity index is 1040. The fraction of sp³-hybridized carbons (Fsp3) is 0.348. The van der Waals surface area contributed by atoms with Gasteiger partial charge in [0.25, 0.3) is 0 Å². The Labute approximate surface area is 170 Å². The second kappa shape index (κ2) is 9.01. The van der Waals surface area contributed by atoms with E-state index in [1.54, 1.807) is 21.7 Å². The molecular formula is C23H27N4O2+. The van der Waals surface area contributed by atoms with Crippen LogP contribution in [0.15, 0.2) is 59.5 Å². The molecule has 1 saturated heterocycles. The molecule has 4 rings (SSSR count). The van der Waals surface area contributed by atoms with Gasteiger partial charge in [0.15, 0.2) is 0 Å². The van der Waals surface area contributed by atoms with E-state index in [1.165, 1.54) is 44.1 Å². The first kappa shape index (κ1) is 19.3. The van der Waals surface area contributed by atoms with Gasteiger partial charge in [-0.05, 0) is 37.0 Å². The number of para-hydroxylation sites is 1. The number of nitrogens with zero attached hydrogens (tertiary/aromatic N) is 2. The van der Waals surface area contributed by atoms with Crippen LogP contribution in [0.25, 0.3) is 10.9 Å². The summed E-state index contributed by atoms with van der Waals surface area (Å²) in [7, 11) is 0. The van der Waals surface area contributed by atoms with Crippen LogP contribution < -0.4 is 15.6 Å². The average molecular weight is 391 g/mol. The van der Waals surface area contributed by atoms with Crippen LogP contribution in [0.1, 0.15) is 30.4 Å². The Morgan fingerprint density at radius 3 is 2.52 bits per heavy atom. The molecule has 0 atom stereocenters. The first-order chi connectivity index (χ1) is 14.2. The smallest absolute Gasteiger partial charge is 0.242 e. The van der Waals surface area contributed by atoms with Crippen LogP contribution in [0.5, 0.6) is 0 Å². The number of likely N-dealkylation sites (tertiary alicyclic amines) is 1. The zero-order valence-corrected chi connectivity index (χ0v) is 16.6. The zero-order valence-electron chi connectivity index (χ0n) is 16.6. The SMILES string of the molecule is O=C(Cn1ncc(=O)c2ccccc21)NCc1ccc(C[NH+]2CCCCC2)cc1. The third-order valence-corrected chi connectivity index (χ3v) is 5.58. The van der Waals surface area contributed by atoms with Crippen molar-refractivity contribution < 1.29 is 9.69 Å². The molecule has 6 heteroatoms. The van der Waals surface area contributed by atoms with Crippen molar-refractivity contribution in [3.63, 3.8) is 0 Å². The van der Waals surface area contributed by atoms with Gasteiger partial charge in [0.05, 0.1) is 24.8 Å². The molecule has 0 unspecified atom stereocenters. The van der Waals surface area contributed by atoms with Crippen LogP contribution >= 0.6 is 0 Å². The van der Waals surface area contributed by atoms with E-state index in [1.807, 2.05) is 12.1 Å². The van der Waals surface area contributed by atoms with E-state index in [9.17, 15) is 9.59 Å². The van der Waals surface area contributed by atoms with Crippen LogP contribution in [0.3, 0.4) is 0 Å². The van der Waals surface area contributed by atoms with Crippen LogP contribution in [-0.4, -0.2) is 28.8 Å². The number of aromatic nitrogens is 2. The first-order valence-electron chi connectivity index (χ1n) is 10.3. The molecule has 0 spiro atoms. The molecule has 150 valence electrons. The summed E-state index contributed by atoms with van der Waals surface area (Å²) in [4.78, 5) is 26.0. The number of piperidine rings is 1. The van der Waals surface area contributed by atoms with Crippen molar-refractivity contribution in [3.05, 3.63) is 76.1 Å². The summed E-state index contributed by atoms with van der Waals surface area (Å²) in [6, 6.07) is 15.7. The summed E-state index contributed by atoms with van der Waals surface area (Å²) in [5, 5.41) is 7.62. The van der Waals surface area contributed by atoms with Crippen molar-refractivity contribution in [1.29, 1.82) is 0 Å². The maximum absolute atomic E-state index is 12.4. The predicted molar refractivity (Wildman–Crippen MR) is 113 cm³/mol. The molecule has 3 aromatic rings. The van der Waals surface area contributed by atoms with Gasteiger partial charge in [-0.1, -0.05) is 36.4 Å². The van der Waals surface area contributed by atoms with Gasteiger partial charge in [0.1, 0.15) is 13.1 Å². The molecule has 0 saturated carbocycles. The maximum Gasteiger partial charge on any atom is 0.242 e. The van der Waals surface area contributed by atoms with Crippen LogP contribution in [0.2, 0.25) is 0 Å². The molecule has 29 heavy (non-hydrogen) atoms. The standard InChI is InChI=1S/C23H26N4O2/c28-22-15-25-27(21-7-3-2-6-20(21)22)17-23(29)24-14-18-8-10-19(11-9-18)16-26-12-4-1-5-13-26/h2-3,6-11,15H,1,4-5,12-14,16-17H2,(H,24,29)/p+1. The number of hydrogen-bond acceptors (Lipinski definition) is 3. The molecule has 2 heterocycles. The third kappa shape index (κ3) is 4.90. The molecule has 0 radical (unpaired) electrons. The topological polar surface area (TPSA) is 68.4 Å². The number of rotatable bonds is 6. The van der Waals surface area contributed by atoms with Crippen molar-refractivity contribution in [2.45, 2.75) is 38.9 Å². The van der Waals surface area contributed by atoms with Crippen molar-refractivity contribution in [3.8, 4) is 0 Å². The van der Waals surface area contributed by atoms with E-state index in [0.717, 1.165) is 12.1 Å². The van der Waals surface area contributed by atoms with Crippen molar-refractivity contribution in [1.82, 2.24) is 15.1 Å². The molecule has 2 aromatic carbocycles. The fourth-order valence-corrected chi connectivity index (χ4v) is 3.97. The maximum atomic E-state index is 12.4. The monoisotopic (exact) mass is 391 g/mol. The second-order valence-electron chi connectivity index (χ2n) is 7.76. The lowest BCUT2D eigenvalue weighted by molar-refractivity contribution is -0.918. The largest absolute Gasteiger partial charge is 0.350 e. The summed E-state index contributed by atoms with van der Waals surface area (Å²) in [6.07, 6.45) is 5.30. The van der Waals surface area contributed by atoms with Crippen LogP contribution in [0.4, 0.5) is 0 Å². The lowest BCUT2D eigenvalue weighted by Crippen LogP contribution is -3.11. The number of hydrogen-bond donors (Lipinski definition) is 2. The molecule has 1 aliphatic heterocycles. The van der Waals surface area contributed by atoms with Crippen molar-refractivity contribution in [2.75, 3.05) is 13.1 Å². The molecule has 0 aliphatic carbocycles. The Hall–Kier alpha value is -2.99. The van der Waals surface area contributed by atoms with Gasteiger partial charge < -0.3 is 10.2 Å². The Morgan fingerprint density at radius 1 is 1.00 bits per heavy atom. The lowest BCUT2D eigenvalue weighted by atomic mass is 10.1. The number of carbonyl (C=O) groups is 1. The van der Waals surface area contributed by atoms with Gasteiger partial charge >= 0.3 is 0 Å². The highest BCUT2D eigenvalue weighted by Crippen LogP contribution is 2.08. The van der Waals surface area contributed by atoms with E-state index >= 15 is 0 Å². The quantitative estimate of drug-likeness (QED) is 0.665. The van der Waals surface area contributed by atoms with E-state index in [4.69, 9.17) is 0 Å². The number of amides is 1. The molecular weight excluding hydrogens is 364 g/mol. The number of quaternary nitrogens is 1. The second-order valence-corrected chi connectivity index (χ2v) is 7.76. The van der Waals surface area contributed by atoms with Crippen LogP contribution in [0, 0.1) is 0 Å². The molecule has 1 amide bonds. The van der Waals surface area contributed by atoms with Crippen molar-refractivity contribution in [2.24, 2.45) is 0 Å². The minimum absolute atomic E-state index is 0.0806. The molecule has 2 N–H and O–H groups in total. The number of nitrogens with one attached hydrogen (secondary N) is 2. The number of fused-ring (bicyclic) bond motifs is 1. The van der Waals surface area contributed by atoms with Gasteiger partial charge in [-0.15, -0.1) is 0 Å². The average Bonchev–Trinajstić information content (AvgIpc) is 2.76. The van der Waals surface area contributed by atoms with Gasteiger partial charge in [-0.2, -0.15) is 5.10 Å². The molecule has 1 fully saturated rings. The molecule has 1 aromatic heterocycles. The summed E-state index contributed by atoms with van der Waals surface area (Å²) in [5.74, 6) is -0.131. The van der Waals surface area contributed by atoms with Gasteiger partial charge in [0, 0.05) is 17.5 Å². The molecule has 6 nitrogen and oxygen atoms in total. The number of carbonyl (C=O) groups excluding carboxylic acids is 1. The summed E-state index contributed by atoms with van der Waals surface area (Å²) in [5.41, 5.74) is 2.96. The van der Waals surface area contributed by atoms with Crippen LogP contribution in [-0.2, 0) is 24.4 Å². The minimum Gasteiger partial charge on any atom is -0.350 e. The van der Waals surface area contributed by atoms with Gasteiger partial charge in [0.2, 0.25) is 11.3 Å². The first-order valence-corrected chi connectivity index (χ1v) is 10.3. The zero-order chi connectivity index (χ0) is 20.1. The fourth-order valence-electron chi connectivity index (χ4n) is 3.97. The number of benzene rings is 2.